The number of Topliss-reactive ketones (excluding diaryl/α,β-unsaturated/α-hetero) is 1. The summed E-state index contributed by atoms with van der Waals surface area (Å²) in [5, 5.41) is 23.8. The molecule has 10 nitrogen and oxygen atoms in total. The number of aliphatic hydroxyl groups excluding tert-OH is 1. The van der Waals surface area contributed by atoms with Crippen molar-refractivity contribution < 1.29 is 29.2 Å². The van der Waals surface area contributed by atoms with E-state index in [1.165, 1.54) is 31.4 Å². The van der Waals surface area contributed by atoms with Crippen molar-refractivity contribution in [2.24, 2.45) is 0 Å². The molecule has 0 aliphatic carbocycles. The molecule has 3 aromatic rings. The number of thiazole rings is 1. The molecule has 4 rings (SSSR count). The van der Waals surface area contributed by atoms with E-state index in [0.717, 1.165) is 27.6 Å². The Morgan fingerprint density at radius 1 is 1.27 bits per heavy atom. The first-order valence-corrected chi connectivity index (χ1v) is 11.1. The predicted octanol–water partition coefficient (Wildman–Crippen LogP) is 3.99. The molecule has 0 bridgehead atoms. The molecule has 0 saturated heterocycles. The Kier molecular flexibility index (Phi) is 5.78. The van der Waals surface area contributed by atoms with Gasteiger partial charge in [-0.25, -0.2) is 9.78 Å². The summed E-state index contributed by atoms with van der Waals surface area (Å²) in [6, 6.07) is 7.45. The van der Waals surface area contributed by atoms with E-state index in [2.05, 4.69) is 4.98 Å². The van der Waals surface area contributed by atoms with Crippen molar-refractivity contribution in [3.63, 3.8) is 0 Å². The number of aliphatic hydroxyl groups is 1. The molecule has 1 amide bonds. The zero-order chi connectivity index (χ0) is 23.9. The SMILES string of the molecule is COC(=O)c1sc(N2C(=O)C(O)=C(C(=O)c3cccs3)[C@H]2c2cccc([N+](=O)[O-])c2)nc1C. The molecular formula is C21H15N3O7S2. The Hall–Kier alpha value is -3.90. The molecule has 0 spiro atoms. The fourth-order valence-corrected chi connectivity index (χ4v) is 5.16. The number of non-ortho nitro benzene ring substituents is 1. The van der Waals surface area contributed by atoms with Crippen LogP contribution in [0.15, 0.2) is 53.1 Å². The number of aromatic nitrogens is 1. The number of hydrogen-bond donors (Lipinski definition) is 1. The van der Waals surface area contributed by atoms with E-state index in [1.807, 2.05) is 0 Å². The molecular weight excluding hydrogens is 470 g/mol. The number of methoxy groups -OCH3 is 1. The lowest BCUT2D eigenvalue weighted by atomic mass is 9.95. The number of nitro benzene ring substituents is 1. The van der Waals surface area contributed by atoms with Gasteiger partial charge in [0, 0.05) is 12.1 Å². The molecule has 0 fully saturated rings. The Morgan fingerprint density at radius 3 is 2.67 bits per heavy atom. The number of carbonyl (C=O) groups excluding carboxylic acids is 3. The molecule has 0 saturated carbocycles. The molecule has 0 unspecified atom stereocenters. The van der Waals surface area contributed by atoms with Gasteiger partial charge in [-0.15, -0.1) is 11.3 Å². The van der Waals surface area contributed by atoms with Crippen LogP contribution in [0.25, 0.3) is 0 Å². The highest BCUT2D eigenvalue weighted by atomic mass is 32.1. The van der Waals surface area contributed by atoms with Crippen molar-refractivity contribution in [1.29, 1.82) is 0 Å². The van der Waals surface area contributed by atoms with E-state index >= 15 is 0 Å². The van der Waals surface area contributed by atoms with Crippen molar-refractivity contribution in [1.82, 2.24) is 4.98 Å². The van der Waals surface area contributed by atoms with Crippen LogP contribution in [0.4, 0.5) is 10.8 Å². The molecule has 1 atom stereocenters. The molecule has 168 valence electrons. The third-order valence-electron chi connectivity index (χ3n) is 4.96. The largest absolute Gasteiger partial charge is 0.503 e. The van der Waals surface area contributed by atoms with E-state index in [1.54, 1.807) is 24.4 Å². The Morgan fingerprint density at radius 2 is 2.03 bits per heavy atom. The smallest absolute Gasteiger partial charge is 0.350 e. The van der Waals surface area contributed by atoms with Crippen molar-refractivity contribution in [3.8, 4) is 0 Å². The van der Waals surface area contributed by atoms with Crippen LogP contribution in [0.2, 0.25) is 0 Å². The van der Waals surface area contributed by atoms with Gasteiger partial charge in [-0.2, -0.15) is 0 Å². The summed E-state index contributed by atoms with van der Waals surface area (Å²) in [5.74, 6) is -2.92. The summed E-state index contributed by atoms with van der Waals surface area (Å²) < 4.78 is 4.74. The summed E-state index contributed by atoms with van der Waals surface area (Å²) in [4.78, 5) is 55.0. The fraction of sp³-hybridized carbons (Fsp3) is 0.143. The fourth-order valence-electron chi connectivity index (χ4n) is 3.47. The van der Waals surface area contributed by atoms with Crippen molar-refractivity contribution >= 4 is 51.2 Å². The summed E-state index contributed by atoms with van der Waals surface area (Å²) in [5.41, 5.74) is 0.0501. The number of benzene rings is 1. The minimum atomic E-state index is -1.19. The molecule has 0 radical (unpaired) electrons. The zero-order valence-electron chi connectivity index (χ0n) is 17.2. The van der Waals surface area contributed by atoms with Crippen LogP contribution in [-0.4, -0.2) is 39.8 Å². The van der Waals surface area contributed by atoms with E-state index in [4.69, 9.17) is 4.74 Å². The second kappa shape index (κ2) is 8.56. The second-order valence-electron chi connectivity index (χ2n) is 6.90. The molecule has 1 aromatic carbocycles. The molecule has 33 heavy (non-hydrogen) atoms. The monoisotopic (exact) mass is 485 g/mol. The van der Waals surface area contributed by atoms with Crippen LogP contribution >= 0.6 is 22.7 Å². The lowest BCUT2D eigenvalue weighted by molar-refractivity contribution is -0.384. The van der Waals surface area contributed by atoms with Crippen LogP contribution in [0, 0.1) is 17.0 Å². The van der Waals surface area contributed by atoms with E-state index in [9.17, 15) is 29.6 Å². The maximum atomic E-state index is 13.3. The third-order valence-corrected chi connectivity index (χ3v) is 6.96. The first kappa shape index (κ1) is 22.3. The lowest BCUT2D eigenvalue weighted by Gasteiger charge is -2.24. The number of rotatable bonds is 6. The van der Waals surface area contributed by atoms with Gasteiger partial charge in [-0.3, -0.25) is 24.6 Å². The van der Waals surface area contributed by atoms with Gasteiger partial charge in [0.15, 0.2) is 10.9 Å². The Balaban J connectivity index is 1.90. The highest BCUT2D eigenvalue weighted by Crippen LogP contribution is 2.44. The maximum absolute atomic E-state index is 13.3. The summed E-state index contributed by atoms with van der Waals surface area (Å²) in [7, 11) is 1.21. The lowest BCUT2D eigenvalue weighted by Crippen LogP contribution is -2.31. The Labute approximate surface area is 194 Å². The molecule has 1 N–H and O–H groups in total. The van der Waals surface area contributed by atoms with Gasteiger partial charge in [0.2, 0.25) is 5.78 Å². The van der Waals surface area contributed by atoms with Crippen molar-refractivity contribution in [2.45, 2.75) is 13.0 Å². The third kappa shape index (κ3) is 3.79. The van der Waals surface area contributed by atoms with Gasteiger partial charge in [-0.05, 0) is 23.9 Å². The number of ether oxygens (including phenoxy) is 1. The summed E-state index contributed by atoms with van der Waals surface area (Å²) in [6.45, 7) is 1.56. The van der Waals surface area contributed by atoms with Crippen LogP contribution in [0.1, 0.15) is 36.6 Å². The highest BCUT2D eigenvalue weighted by Gasteiger charge is 2.46. The van der Waals surface area contributed by atoms with E-state index < -0.39 is 34.4 Å². The van der Waals surface area contributed by atoms with E-state index in [0.29, 0.717) is 5.69 Å². The number of hydrogen-bond acceptors (Lipinski definition) is 10. The van der Waals surface area contributed by atoms with Gasteiger partial charge in [0.05, 0.1) is 34.2 Å². The first-order valence-electron chi connectivity index (χ1n) is 9.39. The van der Waals surface area contributed by atoms with Crippen LogP contribution in [0.5, 0.6) is 0 Å². The predicted molar refractivity (Wildman–Crippen MR) is 120 cm³/mol. The Bertz CT molecular complexity index is 1330. The first-order chi connectivity index (χ1) is 15.7. The summed E-state index contributed by atoms with van der Waals surface area (Å²) in [6.07, 6.45) is 0. The minimum absolute atomic E-state index is 0.0370. The van der Waals surface area contributed by atoms with Crippen molar-refractivity contribution in [3.05, 3.63) is 84.2 Å². The van der Waals surface area contributed by atoms with Crippen LogP contribution in [0.3, 0.4) is 0 Å². The average molecular weight is 485 g/mol. The number of aryl methyl sites for hydroxylation is 1. The molecule has 1 aliphatic heterocycles. The van der Waals surface area contributed by atoms with Gasteiger partial charge >= 0.3 is 5.97 Å². The van der Waals surface area contributed by atoms with Crippen LogP contribution in [-0.2, 0) is 9.53 Å². The number of thiophene rings is 1. The van der Waals surface area contributed by atoms with Gasteiger partial charge in [0.25, 0.3) is 11.6 Å². The van der Waals surface area contributed by atoms with Gasteiger partial charge < -0.3 is 9.84 Å². The maximum Gasteiger partial charge on any atom is 0.350 e. The topological polar surface area (TPSA) is 140 Å². The number of carbonyl (C=O) groups is 3. The molecule has 3 heterocycles. The normalized spacial score (nSPS) is 15.8. The zero-order valence-corrected chi connectivity index (χ0v) is 18.8. The number of esters is 1. The van der Waals surface area contributed by atoms with Gasteiger partial charge in [-0.1, -0.05) is 29.5 Å². The number of amides is 1. The number of ketones is 1. The second-order valence-corrected chi connectivity index (χ2v) is 8.83. The quantitative estimate of drug-likeness (QED) is 0.239. The number of nitro groups is 1. The van der Waals surface area contributed by atoms with Crippen LogP contribution < -0.4 is 4.90 Å². The van der Waals surface area contributed by atoms with E-state index in [-0.39, 0.29) is 31.7 Å². The minimum Gasteiger partial charge on any atom is -0.503 e. The van der Waals surface area contributed by atoms with Gasteiger partial charge in [0.1, 0.15) is 4.88 Å². The highest BCUT2D eigenvalue weighted by molar-refractivity contribution is 7.17. The number of anilines is 1. The molecule has 2 aromatic heterocycles. The molecule has 12 heteroatoms. The van der Waals surface area contributed by atoms with Crippen molar-refractivity contribution in [2.75, 3.05) is 12.0 Å². The summed E-state index contributed by atoms with van der Waals surface area (Å²) >= 11 is 1.98. The molecule has 1 aliphatic rings. The average Bonchev–Trinajstić information content (AvgIpc) is 3.52. The standard InChI is InChI=1S/C21H15N3O7S2/c1-10-18(20(28)31-2)33-21(22-10)23-15(11-5-3-6-12(9-11)24(29)30)14(17(26)19(23)27)16(25)13-7-4-8-32-13/h3-9,15,26H,1-2H3/t15-/m1/s1. The number of nitrogens with zero attached hydrogens (tertiary/aromatic N) is 3.